The Bertz CT molecular complexity index is 617. The van der Waals surface area contributed by atoms with Gasteiger partial charge in [-0.15, -0.1) is 0 Å². The first-order valence-corrected chi connectivity index (χ1v) is 6.36. The number of nitrogens with zero attached hydrogens (tertiary/aromatic N) is 1. The highest BCUT2D eigenvalue weighted by molar-refractivity contribution is 7.89. The third-order valence-electron chi connectivity index (χ3n) is 2.07. The lowest BCUT2D eigenvalue weighted by atomic mass is 10.3. The van der Waals surface area contributed by atoms with Crippen molar-refractivity contribution < 1.29 is 26.5 Å². The topological polar surface area (TPSA) is 127 Å². The molecule has 1 aromatic carbocycles. The van der Waals surface area contributed by atoms with Gasteiger partial charge in [0.25, 0.3) is 5.69 Å². The van der Waals surface area contributed by atoms with Crippen LogP contribution in [0.15, 0.2) is 23.1 Å². The van der Waals surface area contributed by atoms with Crippen LogP contribution >= 0.6 is 0 Å². The van der Waals surface area contributed by atoms with Crippen molar-refractivity contribution in [3.05, 3.63) is 28.3 Å². The van der Waals surface area contributed by atoms with Gasteiger partial charge in [0.05, 0.1) is 10.6 Å². The Morgan fingerprint density at radius 1 is 1.35 bits per heavy atom. The molecule has 4 N–H and O–H groups in total. The average molecular weight is 314 g/mol. The molecule has 112 valence electrons. The predicted molar refractivity (Wildman–Crippen MR) is 62.1 cm³/mol. The molecular formula is C8H9F3N4O4S. The van der Waals surface area contributed by atoms with Crippen molar-refractivity contribution in [2.45, 2.75) is 11.1 Å². The molecule has 12 heteroatoms. The average Bonchev–Trinajstić information content (AvgIpc) is 2.35. The van der Waals surface area contributed by atoms with Gasteiger partial charge in [0.2, 0.25) is 10.0 Å². The number of sulfonamides is 1. The molecule has 0 saturated heterocycles. The maximum absolute atomic E-state index is 12.0. The molecule has 0 amide bonds. The molecule has 0 aliphatic carbocycles. The fourth-order valence-corrected chi connectivity index (χ4v) is 2.40. The fourth-order valence-electron chi connectivity index (χ4n) is 1.23. The highest BCUT2D eigenvalue weighted by atomic mass is 32.2. The molecule has 0 aliphatic heterocycles. The van der Waals surface area contributed by atoms with Crippen molar-refractivity contribution >= 4 is 21.4 Å². The van der Waals surface area contributed by atoms with E-state index in [1.165, 1.54) is 4.72 Å². The van der Waals surface area contributed by atoms with Crippen LogP contribution in [0, 0.1) is 10.1 Å². The second-order valence-electron chi connectivity index (χ2n) is 3.52. The number of benzene rings is 1. The highest BCUT2D eigenvalue weighted by Gasteiger charge is 2.32. The van der Waals surface area contributed by atoms with E-state index in [4.69, 9.17) is 5.84 Å². The molecule has 0 atom stereocenters. The highest BCUT2D eigenvalue weighted by Crippen LogP contribution is 2.27. The van der Waals surface area contributed by atoms with Crippen molar-refractivity contribution in [1.29, 1.82) is 0 Å². The van der Waals surface area contributed by atoms with Crippen LogP contribution < -0.4 is 16.0 Å². The molecule has 0 saturated carbocycles. The van der Waals surface area contributed by atoms with Crippen molar-refractivity contribution in [3.63, 3.8) is 0 Å². The monoisotopic (exact) mass is 314 g/mol. The quantitative estimate of drug-likeness (QED) is 0.417. The van der Waals surface area contributed by atoms with E-state index < -0.39 is 38.3 Å². The number of nitro benzene ring substituents is 1. The number of hydrazine groups is 1. The number of hydrogen-bond donors (Lipinski definition) is 3. The first-order valence-electron chi connectivity index (χ1n) is 4.88. The Labute approximate surface area is 110 Å². The van der Waals surface area contributed by atoms with Crippen LogP contribution in [0.4, 0.5) is 24.5 Å². The number of nitrogens with two attached hydrogens (primary N) is 1. The zero-order valence-corrected chi connectivity index (χ0v) is 10.5. The van der Waals surface area contributed by atoms with E-state index >= 15 is 0 Å². The van der Waals surface area contributed by atoms with Gasteiger partial charge in [-0.05, 0) is 12.1 Å². The normalized spacial score (nSPS) is 12.2. The number of halogens is 3. The Kier molecular flexibility index (Phi) is 4.52. The van der Waals surface area contributed by atoms with Crippen LogP contribution in [0.25, 0.3) is 0 Å². The van der Waals surface area contributed by atoms with Crippen molar-refractivity contribution in [3.8, 4) is 0 Å². The summed E-state index contributed by atoms with van der Waals surface area (Å²) in [6.45, 7) is -1.83. The van der Waals surface area contributed by atoms with Gasteiger partial charge in [0.1, 0.15) is 6.54 Å². The van der Waals surface area contributed by atoms with E-state index in [2.05, 4.69) is 5.43 Å². The van der Waals surface area contributed by atoms with E-state index in [1.54, 1.807) is 0 Å². The molecule has 0 fully saturated rings. The number of rotatable bonds is 5. The minimum absolute atomic E-state index is 0.0338. The second-order valence-corrected chi connectivity index (χ2v) is 5.26. The molecule has 8 nitrogen and oxygen atoms in total. The first-order chi connectivity index (χ1) is 9.07. The minimum atomic E-state index is -4.78. The van der Waals surface area contributed by atoms with E-state index in [0.717, 1.165) is 18.2 Å². The van der Waals surface area contributed by atoms with Crippen LogP contribution in [-0.4, -0.2) is 26.1 Å². The summed E-state index contributed by atoms with van der Waals surface area (Å²) in [5.41, 5.74) is 1.20. The van der Waals surface area contributed by atoms with Gasteiger partial charge in [0.15, 0.2) is 4.90 Å². The molecular weight excluding hydrogens is 305 g/mol. The van der Waals surface area contributed by atoms with Crippen LogP contribution in [-0.2, 0) is 10.0 Å². The third-order valence-corrected chi connectivity index (χ3v) is 3.52. The molecule has 0 heterocycles. The summed E-state index contributed by atoms with van der Waals surface area (Å²) in [4.78, 5) is 8.84. The molecule has 0 aromatic heterocycles. The number of nitrogens with one attached hydrogen (secondary N) is 2. The number of nitrogen functional groups attached to an aromatic ring is 1. The Balaban J connectivity index is 3.21. The first kappa shape index (κ1) is 16.1. The number of alkyl halides is 3. The van der Waals surface area contributed by atoms with Crippen LogP contribution in [0.1, 0.15) is 0 Å². The van der Waals surface area contributed by atoms with Crippen LogP contribution in [0.3, 0.4) is 0 Å². The van der Waals surface area contributed by atoms with Gasteiger partial charge in [-0.3, -0.25) is 16.0 Å². The summed E-state index contributed by atoms with van der Waals surface area (Å²) in [6, 6.07) is 2.66. The van der Waals surface area contributed by atoms with Gasteiger partial charge < -0.3 is 5.43 Å². The predicted octanol–water partition coefficient (Wildman–Crippen LogP) is 0.721. The molecule has 20 heavy (non-hydrogen) atoms. The summed E-state index contributed by atoms with van der Waals surface area (Å²) >= 11 is 0. The molecule has 0 unspecified atom stereocenters. The van der Waals surface area contributed by atoms with E-state index in [0.29, 0.717) is 0 Å². The van der Waals surface area contributed by atoms with Gasteiger partial charge >= 0.3 is 6.18 Å². The zero-order valence-electron chi connectivity index (χ0n) is 9.64. The van der Waals surface area contributed by atoms with E-state index in [1.807, 2.05) is 0 Å². The summed E-state index contributed by atoms with van der Waals surface area (Å²) in [5, 5.41) is 10.8. The van der Waals surface area contributed by atoms with Gasteiger partial charge in [-0.2, -0.15) is 13.2 Å². The number of nitro groups is 1. The molecule has 0 spiro atoms. The Morgan fingerprint density at radius 3 is 2.40 bits per heavy atom. The molecule has 0 bridgehead atoms. The molecule has 1 aromatic rings. The number of anilines is 1. The maximum Gasteiger partial charge on any atom is 0.402 e. The van der Waals surface area contributed by atoms with Crippen molar-refractivity contribution in [1.82, 2.24) is 4.72 Å². The van der Waals surface area contributed by atoms with E-state index in [-0.39, 0.29) is 5.69 Å². The minimum Gasteiger partial charge on any atom is -0.324 e. The lowest BCUT2D eigenvalue weighted by Gasteiger charge is -2.10. The molecule has 1 rings (SSSR count). The number of hydrogen-bond acceptors (Lipinski definition) is 6. The Morgan fingerprint density at radius 2 is 1.95 bits per heavy atom. The summed E-state index contributed by atoms with van der Waals surface area (Å²) in [5.74, 6) is 5.01. The van der Waals surface area contributed by atoms with Crippen molar-refractivity contribution in [2.24, 2.45) is 5.84 Å². The van der Waals surface area contributed by atoms with E-state index in [9.17, 15) is 31.7 Å². The SMILES string of the molecule is NNc1ccc(S(=O)(=O)NCC(F)(F)F)c([N+](=O)[O-])c1. The summed E-state index contributed by atoms with van der Waals surface area (Å²) < 4.78 is 60.5. The van der Waals surface area contributed by atoms with Gasteiger partial charge in [-0.1, -0.05) is 0 Å². The summed E-state index contributed by atoms with van der Waals surface area (Å²) in [6.07, 6.45) is -4.78. The Hall–Kier alpha value is -1.92. The van der Waals surface area contributed by atoms with Crippen LogP contribution in [0.5, 0.6) is 0 Å². The van der Waals surface area contributed by atoms with Crippen LogP contribution in [0.2, 0.25) is 0 Å². The molecule has 0 radical (unpaired) electrons. The van der Waals surface area contributed by atoms with Gasteiger partial charge in [-0.25, -0.2) is 13.1 Å². The zero-order chi connectivity index (χ0) is 15.6. The molecule has 0 aliphatic rings. The standard InChI is InChI=1S/C8H9F3N4O4S/c9-8(10,11)4-13-20(18,19)7-2-1-5(14-12)3-6(7)15(16)17/h1-3,13-14H,4,12H2. The largest absolute Gasteiger partial charge is 0.402 e. The fraction of sp³-hybridized carbons (Fsp3) is 0.250. The lowest BCUT2D eigenvalue weighted by molar-refractivity contribution is -0.387. The smallest absolute Gasteiger partial charge is 0.324 e. The lowest BCUT2D eigenvalue weighted by Crippen LogP contribution is -2.34. The summed E-state index contributed by atoms with van der Waals surface area (Å²) in [7, 11) is -4.67. The third kappa shape index (κ3) is 4.04. The van der Waals surface area contributed by atoms with Gasteiger partial charge in [0, 0.05) is 6.07 Å². The second kappa shape index (κ2) is 5.60. The maximum atomic E-state index is 12.0. The van der Waals surface area contributed by atoms with Crippen molar-refractivity contribution in [2.75, 3.05) is 12.0 Å².